The smallest absolute Gasteiger partial charge is 0.250 e. The molecule has 1 saturated heterocycles. The molecule has 1 aromatic heterocycles. The molecule has 1 N–H and O–H groups in total. The molecule has 0 radical (unpaired) electrons. The van der Waals surface area contributed by atoms with E-state index in [1.165, 1.54) is 12.0 Å². The molecule has 2 aliphatic rings. The monoisotopic (exact) mass is 393 g/mol. The van der Waals surface area contributed by atoms with Gasteiger partial charge >= 0.3 is 0 Å². The Morgan fingerprint density at radius 1 is 1.10 bits per heavy atom. The molecule has 1 aromatic carbocycles. The summed E-state index contributed by atoms with van der Waals surface area (Å²) in [6.07, 6.45) is 5.99. The Balaban J connectivity index is 1.74. The lowest BCUT2D eigenvalue weighted by atomic mass is 9.99. The Labute approximate surface area is 173 Å². The number of nitrogens with zero attached hydrogens (tertiary/aromatic N) is 4. The van der Waals surface area contributed by atoms with Crippen LogP contribution in [0.25, 0.3) is 0 Å². The summed E-state index contributed by atoms with van der Waals surface area (Å²) in [5, 5.41) is 3.41. The van der Waals surface area contributed by atoms with Crippen LogP contribution in [0.1, 0.15) is 50.7 Å². The summed E-state index contributed by atoms with van der Waals surface area (Å²) in [6, 6.07) is 8.15. The van der Waals surface area contributed by atoms with Crippen LogP contribution in [0.3, 0.4) is 0 Å². The highest BCUT2D eigenvalue weighted by Gasteiger charge is 2.37. The first-order valence-electron chi connectivity index (χ1n) is 10.8. The molecule has 154 valence electrons. The molecule has 0 saturated carbocycles. The zero-order valence-electron chi connectivity index (χ0n) is 17.7. The maximum absolute atomic E-state index is 13.5. The van der Waals surface area contributed by atoms with Gasteiger partial charge in [0.15, 0.2) is 11.6 Å². The Morgan fingerprint density at radius 3 is 2.52 bits per heavy atom. The molecule has 2 aromatic rings. The number of hydrogen-bond acceptors (Lipinski definition) is 5. The zero-order valence-corrected chi connectivity index (χ0v) is 17.7. The van der Waals surface area contributed by atoms with Crippen molar-refractivity contribution in [2.24, 2.45) is 5.92 Å². The molecule has 29 heavy (non-hydrogen) atoms. The van der Waals surface area contributed by atoms with Crippen LogP contribution in [0.5, 0.6) is 0 Å². The number of amides is 1. The zero-order chi connectivity index (χ0) is 20.4. The van der Waals surface area contributed by atoms with E-state index in [2.05, 4.69) is 65.2 Å². The molecule has 6 heteroatoms. The van der Waals surface area contributed by atoms with Crippen LogP contribution < -0.4 is 15.1 Å². The maximum Gasteiger partial charge on any atom is 0.250 e. The van der Waals surface area contributed by atoms with Crippen molar-refractivity contribution < 1.29 is 4.79 Å². The fourth-order valence-electron chi connectivity index (χ4n) is 4.25. The second kappa shape index (κ2) is 8.39. The van der Waals surface area contributed by atoms with Gasteiger partial charge in [-0.25, -0.2) is 9.97 Å². The van der Waals surface area contributed by atoms with Gasteiger partial charge in [0.25, 0.3) is 0 Å². The van der Waals surface area contributed by atoms with Crippen LogP contribution in [-0.2, 0) is 11.3 Å². The Hall–Kier alpha value is -2.63. The molecule has 4 rings (SSSR count). The van der Waals surface area contributed by atoms with Crippen molar-refractivity contribution in [3.8, 4) is 0 Å². The molecule has 1 amide bonds. The fraction of sp³-hybridized carbons (Fsp3) is 0.522. The first-order chi connectivity index (χ1) is 14.0. The van der Waals surface area contributed by atoms with Gasteiger partial charge in [0, 0.05) is 13.1 Å². The fourth-order valence-corrected chi connectivity index (χ4v) is 4.25. The molecular weight excluding hydrogens is 362 g/mol. The van der Waals surface area contributed by atoms with Crippen LogP contribution in [0.15, 0.2) is 30.6 Å². The summed E-state index contributed by atoms with van der Waals surface area (Å²) < 4.78 is 0. The van der Waals surface area contributed by atoms with E-state index in [9.17, 15) is 4.79 Å². The van der Waals surface area contributed by atoms with E-state index in [-0.39, 0.29) is 11.9 Å². The quantitative estimate of drug-likeness (QED) is 0.827. The summed E-state index contributed by atoms with van der Waals surface area (Å²) in [7, 11) is 0. The second-order valence-corrected chi connectivity index (χ2v) is 8.68. The van der Waals surface area contributed by atoms with Crippen molar-refractivity contribution in [1.82, 2.24) is 9.97 Å². The normalized spacial score (nSPS) is 19.3. The minimum Gasteiger partial charge on any atom is -0.356 e. The highest BCUT2D eigenvalue weighted by molar-refractivity contribution is 6.06. The number of carbonyl (C=O) groups is 1. The number of aryl methyl sites for hydroxylation is 1. The standard InChI is InChI=1S/C23H31N5O/c1-16(2)13-19-23(29)28(14-18-9-7-17(3)8-10-18)20-21(26-19)24-15-25-22(20)27-11-5-4-6-12-27/h7-10,15-16,19H,4-6,11-14H2,1-3H3,(H,24,25,26). The van der Waals surface area contributed by atoms with Gasteiger partial charge < -0.3 is 10.2 Å². The number of fused-ring (bicyclic) bond motifs is 1. The predicted molar refractivity (Wildman–Crippen MR) is 117 cm³/mol. The van der Waals surface area contributed by atoms with Crippen molar-refractivity contribution >= 4 is 23.2 Å². The average molecular weight is 394 g/mol. The van der Waals surface area contributed by atoms with Gasteiger partial charge in [-0.15, -0.1) is 0 Å². The van der Waals surface area contributed by atoms with Gasteiger partial charge in [0.2, 0.25) is 5.91 Å². The lowest BCUT2D eigenvalue weighted by Gasteiger charge is -2.38. The van der Waals surface area contributed by atoms with E-state index in [1.807, 2.05) is 4.90 Å². The van der Waals surface area contributed by atoms with Crippen molar-refractivity contribution in [2.45, 2.75) is 59.0 Å². The summed E-state index contributed by atoms with van der Waals surface area (Å²) in [6.45, 7) is 8.87. The van der Waals surface area contributed by atoms with E-state index >= 15 is 0 Å². The largest absolute Gasteiger partial charge is 0.356 e. The number of piperidine rings is 1. The minimum absolute atomic E-state index is 0.111. The third-order valence-electron chi connectivity index (χ3n) is 5.77. The van der Waals surface area contributed by atoms with Crippen LogP contribution in [0, 0.1) is 12.8 Å². The molecule has 0 spiro atoms. The summed E-state index contributed by atoms with van der Waals surface area (Å²) in [5.74, 6) is 2.19. The van der Waals surface area contributed by atoms with Crippen LogP contribution in [0.4, 0.5) is 17.3 Å². The molecule has 0 bridgehead atoms. The predicted octanol–water partition coefficient (Wildman–Crippen LogP) is 4.15. The SMILES string of the molecule is Cc1ccc(CN2C(=O)C(CC(C)C)Nc3ncnc(N4CCCCC4)c32)cc1. The number of benzene rings is 1. The van der Waals surface area contributed by atoms with E-state index < -0.39 is 0 Å². The number of hydrogen-bond donors (Lipinski definition) is 1. The van der Waals surface area contributed by atoms with Crippen LogP contribution >= 0.6 is 0 Å². The molecule has 0 aliphatic carbocycles. The van der Waals surface area contributed by atoms with Crippen LogP contribution in [-0.4, -0.2) is 35.0 Å². The number of anilines is 3. The third kappa shape index (κ3) is 4.21. The van der Waals surface area contributed by atoms with Gasteiger partial charge in [-0.2, -0.15) is 0 Å². The molecule has 1 atom stereocenters. The number of aromatic nitrogens is 2. The van der Waals surface area contributed by atoms with Gasteiger partial charge in [-0.05, 0) is 44.1 Å². The first-order valence-corrected chi connectivity index (χ1v) is 10.8. The van der Waals surface area contributed by atoms with Crippen molar-refractivity contribution in [3.05, 3.63) is 41.7 Å². The highest BCUT2D eigenvalue weighted by atomic mass is 16.2. The number of rotatable bonds is 5. The van der Waals surface area contributed by atoms with E-state index in [0.717, 1.165) is 55.2 Å². The molecule has 1 unspecified atom stereocenters. The Bertz CT molecular complexity index is 858. The molecule has 1 fully saturated rings. The third-order valence-corrected chi connectivity index (χ3v) is 5.77. The number of carbonyl (C=O) groups excluding carboxylic acids is 1. The Kier molecular flexibility index (Phi) is 5.69. The lowest BCUT2D eigenvalue weighted by molar-refractivity contribution is -0.120. The minimum atomic E-state index is -0.253. The van der Waals surface area contributed by atoms with Gasteiger partial charge in [-0.1, -0.05) is 43.7 Å². The summed E-state index contributed by atoms with van der Waals surface area (Å²) >= 11 is 0. The number of nitrogens with one attached hydrogen (secondary N) is 1. The van der Waals surface area contributed by atoms with Crippen molar-refractivity contribution in [1.29, 1.82) is 0 Å². The van der Waals surface area contributed by atoms with Crippen molar-refractivity contribution in [2.75, 3.05) is 28.2 Å². The van der Waals surface area contributed by atoms with E-state index in [1.54, 1.807) is 6.33 Å². The highest BCUT2D eigenvalue weighted by Crippen LogP contribution is 2.39. The summed E-state index contributed by atoms with van der Waals surface area (Å²) in [4.78, 5) is 26.9. The Morgan fingerprint density at radius 2 is 1.83 bits per heavy atom. The maximum atomic E-state index is 13.5. The first kappa shape index (κ1) is 19.7. The molecule has 6 nitrogen and oxygen atoms in total. The molecule has 2 aliphatic heterocycles. The van der Waals surface area contributed by atoms with E-state index in [0.29, 0.717) is 12.5 Å². The summed E-state index contributed by atoms with van der Waals surface area (Å²) in [5.41, 5.74) is 3.17. The van der Waals surface area contributed by atoms with E-state index in [4.69, 9.17) is 0 Å². The lowest BCUT2D eigenvalue weighted by Crippen LogP contribution is -2.48. The topological polar surface area (TPSA) is 61.4 Å². The van der Waals surface area contributed by atoms with Crippen molar-refractivity contribution in [3.63, 3.8) is 0 Å². The van der Waals surface area contributed by atoms with Gasteiger partial charge in [0.05, 0.1) is 6.54 Å². The molecular formula is C23H31N5O. The second-order valence-electron chi connectivity index (χ2n) is 8.68. The van der Waals surface area contributed by atoms with Gasteiger partial charge in [0.1, 0.15) is 18.1 Å². The van der Waals surface area contributed by atoms with Crippen LogP contribution in [0.2, 0.25) is 0 Å². The average Bonchev–Trinajstić information content (AvgIpc) is 2.72. The van der Waals surface area contributed by atoms with Gasteiger partial charge in [-0.3, -0.25) is 9.69 Å². The molecule has 3 heterocycles.